The predicted octanol–water partition coefficient (Wildman–Crippen LogP) is 1.81. The van der Waals surface area contributed by atoms with Crippen molar-refractivity contribution in [3.05, 3.63) is 18.0 Å². The van der Waals surface area contributed by atoms with Crippen LogP contribution in [-0.4, -0.2) is 35.6 Å². The van der Waals surface area contributed by atoms with E-state index in [1.807, 2.05) is 20.8 Å². The highest BCUT2D eigenvalue weighted by Crippen LogP contribution is 2.16. The first-order valence-electron chi connectivity index (χ1n) is 6.84. The van der Waals surface area contributed by atoms with Gasteiger partial charge in [-0.3, -0.25) is 0 Å². The van der Waals surface area contributed by atoms with E-state index in [2.05, 4.69) is 4.72 Å². The Morgan fingerprint density at radius 3 is 2.70 bits per heavy atom. The van der Waals surface area contributed by atoms with Gasteiger partial charge in [-0.05, 0) is 25.2 Å². The Bertz CT molecular complexity index is 512. The minimum absolute atomic E-state index is 0.114. The van der Waals surface area contributed by atoms with Crippen LogP contribution in [0.2, 0.25) is 0 Å². The Balaban J connectivity index is 2.86. The van der Waals surface area contributed by atoms with Crippen LogP contribution in [0, 0.1) is 0 Å². The summed E-state index contributed by atoms with van der Waals surface area (Å²) >= 11 is 1.70. The molecule has 0 fully saturated rings. The molecule has 0 bridgehead atoms. The Labute approximate surface area is 125 Å². The van der Waals surface area contributed by atoms with Gasteiger partial charge < -0.3 is 9.67 Å². The van der Waals surface area contributed by atoms with E-state index in [0.717, 1.165) is 17.9 Å². The zero-order chi connectivity index (χ0) is 15.2. The standard InChI is InChI=1S/C13H24N2O3S2/c1-4-6-15-8-13(7-12(15)9-16)20(17,18)14-11(3)10-19-5-2/h7-8,11,14,16H,4-6,9-10H2,1-3H3. The van der Waals surface area contributed by atoms with Crippen molar-refractivity contribution in [3.8, 4) is 0 Å². The predicted molar refractivity (Wildman–Crippen MR) is 83.4 cm³/mol. The molecular weight excluding hydrogens is 296 g/mol. The lowest BCUT2D eigenvalue weighted by atomic mass is 10.4. The summed E-state index contributed by atoms with van der Waals surface area (Å²) in [6.45, 7) is 6.46. The molecule has 1 unspecified atom stereocenters. The molecule has 0 aliphatic heterocycles. The van der Waals surface area contributed by atoms with Gasteiger partial charge in [0.2, 0.25) is 10.0 Å². The maximum Gasteiger partial charge on any atom is 0.242 e. The van der Waals surface area contributed by atoms with Crippen molar-refractivity contribution in [1.29, 1.82) is 0 Å². The first kappa shape index (κ1) is 17.6. The fourth-order valence-corrected chi connectivity index (χ4v) is 4.00. The summed E-state index contributed by atoms with van der Waals surface area (Å²) in [4.78, 5) is 0.225. The number of thioether (sulfide) groups is 1. The van der Waals surface area contributed by atoms with E-state index in [0.29, 0.717) is 12.2 Å². The summed E-state index contributed by atoms with van der Waals surface area (Å²) < 4.78 is 29.0. The Kier molecular flexibility index (Phi) is 7.08. The highest BCUT2D eigenvalue weighted by molar-refractivity contribution is 7.99. The van der Waals surface area contributed by atoms with Gasteiger partial charge in [0, 0.05) is 30.2 Å². The van der Waals surface area contributed by atoms with Crippen molar-refractivity contribution in [1.82, 2.24) is 9.29 Å². The number of hydrogen-bond acceptors (Lipinski definition) is 4. The number of aryl methyl sites for hydroxylation is 1. The van der Waals surface area contributed by atoms with E-state index in [4.69, 9.17) is 0 Å². The summed E-state index contributed by atoms with van der Waals surface area (Å²) in [7, 11) is -3.52. The Morgan fingerprint density at radius 2 is 2.15 bits per heavy atom. The molecule has 7 heteroatoms. The number of nitrogens with one attached hydrogen (secondary N) is 1. The summed E-state index contributed by atoms with van der Waals surface area (Å²) in [6.07, 6.45) is 2.48. The van der Waals surface area contributed by atoms with Crippen LogP contribution in [0.3, 0.4) is 0 Å². The van der Waals surface area contributed by atoms with E-state index in [1.165, 1.54) is 6.07 Å². The highest BCUT2D eigenvalue weighted by Gasteiger charge is 2.20. The summed E-state index contributed by atoms with van der Waals surface area (Å²) in [5.41, 5.74) is 0.628. The SMILES string of the molecule is CCCn1cc(S(=O)(=O)NC(C)CSCC)cc1CO. The van der Waals surface area contributed by atoms with Crippen molar-refractivity contribution in [2.24, 2.45) is 0 Å². The van der Waals surface area contributed by atoms with Crippen molar-refractivity contribution >= 4 is 21.8 Å². The molecule has 1 heterocycles. The van der Waals surface area contributed by atoms with Crippen LogP contribution >= 0.6 is 11.8 Å². The van der Waals surface area contributed by atoms with Crippen molar-refractivity contribution in [3.63, 3.8) is 0 Å². The monoisotopic (exact) mass is 320 g/mol. The highest BCUT2D eigenvalue weighted by atomic mass is 32.2. The number of rotatable bonds is 9. The molecule has 1 aromatic heterocycles. The zero-order valence-corrected chi connectivity index (χ0v) is 13.9. The topological polar surface area (TPSA) is 71.3 Å². The van der Waals surface area contributed by atoms with E-state index >= 15 is 0 Å². The van der Waals surface area contributed by atoms with Crippen LogP contribution in [0.1, 0.15) is 32.9 Å². The minimum Gasteiger partial charge on any atom is -0.390 e. The molecule has 0 aliphatic carbocycles. The maximum absolute atomic E-state index is 12.3. The molecule has 0 radical (unpaired) electrons. The number of aliphatic hydroxyl groups excluding tert-OH is 1. The van der Waals surface area contributed by atoms with Crippen LogP contribution in [-0.2, 0) is 23.2 Å². The van der Waals surface area contributed by atoms with E-state index < -0.39 is 10.0 Å². The molecule has 116 valence electrons. The molecular formula is C13H24N2O3S2. The smallest absolute Gasteiger partial charge is 0.242 e. The molecule has 1 aromatic rings. The molecule has 0 aromatic carbocycles. The molecule has 1 atom stereocenters. The summed E-state index contributed by atoms with van der Waals surface area (Å²) in [5, 5.41) is 9.28. The number of aliphatic hydroxyl groups is 1. The van der Waals surface area contributed by atoms with Gasteiger partial charge in [0.05, 0.1) is 11.5 Å². The Morgan fingerprint density at radius 1 is 1.45 bits per heavy atom. The van der Waals surface area contributed by atoms with Gasteiger partial charge in [0.25, 0.3) is 0 Å². The number of aromatic nitrogens is 1. The fourth-order valence-electron chi connectivity index (χ4n) is 1.91. The quantitative estimate of drug-likeness (QED) is 0.728. The lowest BCUT2D eigenvalue weighted by Gasteiger charge is -2.12. The van der Waals surface area contributed by atoms with Gasteiger partial charge in [0.15, 0.2) is 0 Å². The zero-order valence-electron chi connectivity index (χ0n) is 12.3. The maximum atomic E-state index is 12.3. The van der Waals surface area contributed by atoms with Gasteiger partial charge in [-0.2, -0.15) is 11.8 Å². The van der Waals surface area contributed by atoms with Crippen molar-refractivity contribution in [2.75, 3.05) is 11.5 Å². The molecule has 0 spiro atoms. The summed E-state index contributed by atoms with van der Waals surface area (Å²) in [5.74, 6) is 1.71. The van der Waals surface area contributed by atoms with Gasteiger partial charge in [-0.15, -0.1) is 0 Å². The lowest BCUT2D eigenvalue weighted by molar-refractivity contribution is 0.270. The third-order valence-corrected chi connectivity index (χ3v) is 5.53. The molecule has 0 aliphatic rings. The third-order valence-electron chi connectivity index (χ3n) is 2.83. The molecule has 0 amide bonds. The Hall–Kier alpha value is -0.500. The second-order valence-corrected chi connectivity index (χ2v) is 7.73. The fraction of sp³-hybridized carbons (Fsp3) is 0.692. The van der Waals surface area contributed by atoms with Gasteiger partial charge in [0.1, 0.15) is 0 Å². The van der Waals surface area contributed by atoms with Crippen LogP contribution < -0.4 is 4.72 Å². The molecule has 1 rings (SSSR count). The van der Waals surface area contributed by atoms with Crippen LogP contribution in [0.15, 0.2) is 17.2 Å². The van der Waals surface area contributed by atoms with Gasteiger partial charge >= 0.3 is 0 Å². The molecule has 5 nitrogen and oxygen atoms in total. The van der Waals surface area contributed by atoms with Gasteiger partial charge in [-0.1, -0.05) is 13.8 Å². The third kappa shape index (κ3) is 4.80. The number of hydrogen-bond donors (Lipinski definition) is 2. The molecule has 0 saturated carbocycles. The van der Waals surface area contributed by atoms with Crippen LogP contribution in [0.4, 0.5) is 0 Å². The minimum atomic E-state index is -3.52. The molecule has 2 N–H and O–H groups in total. The van der Waals surface area contributed by atoms with E-state index in [1.54, 1.807) is 22.5 Å². The van der Waals surface area contributed by atoms with Crippen molar-refractivity contribution in [2.45, 2.75) is 51.3 Å². The van der Waals surface area contributed by atoms with Crippen LogP contribution in [0.5, 0.6) is 0 Å². The van der Waals surface area contributed by atoms with Gasteiger partial charge in [-0.25, -0.2) is 13.1 Å². The number of sulfonamides is 1. The average Bonchev–Trinajstić information content (AvgIpc) is 2.80. The van der Waals surface area contributed by atoms with E-state index in [9.17, 15) is 13.5 Å². The second kappa shape index (κ2) is 8.07. The lowest BCUT2D eigenvalue weighted by Crippen LogP contribution is -2.34. The largest absolute Gasteiger partial charge is 0.390 e. The first-order chi connectivity index (χ1) is 9.44. The number of nitrogens with zero attached hydrogens (tertiary/aromatic N) is 1. The molecule has 0 saturated heterocycles. The summed E-state index contributed by atoms with van der Waals surface area (Å²) in [6, 6.07) is 1.43. The van der Waals surface area contributed by atoms with Crippen molar-refractivity contribution < 1.29 is 13.5 Å². The normalized spacial score (nSPS) is 13.6. The van der Waals surface area contributed by atoms with Crippen LogP contribution in [0.25, 0.3) is 0 Å². The second-order valence-electron chi connectivity index (χ2n) is 4.70. The first-order valence-corrected chi connectivity index (χ1v) is 9.48. The molecule has 20 heavy (non-hydrogen) atoms. The van der Waals surface area contributed by atoms with E-state index in [-0.39, 0.29) is 17.5 Å². The average molecular weight is 320 g/mol.